The average Bonchev–Trinajstić information content (AvgIpc) is 2.90. The van der Waals surface area contributed by atoms with Gasteiger partial charge < -0.3 is 15.2 Å². The maximum absolute atomic E-state index is 6.31. The largest absolute Gasteiger partial charge is 0.493 e. The highest BCUT2D eigenvalue weighted by Crippen LogP contribution is 2.29. The van der Waals surface area contributed by atoms with Gasteiger partial charge in [-0.25, -0.2) is 9.97 Å². The molecule has 0 aromatic carbocycles. The van der Waals surface area contributed by atoms with Crippen molar-refractivity contribution < 1.29 is 9.47 Å². The van der Waals surface area contributed by atoms with Crippen LogP contribution in [0.25, 0.3) is 0 Å². The first-order chi connectivity index (χ1) is 9.58. The van der Waals surface area contributed by atoms with Gasteiger partial charge in [-0.1, -0.05) is 0 Å². The maximum atomic E-state index is 6.31. The summed E-state index contributed by atoms with van der Waals surface area (Å²) in [5, 5.41) is 4.31. The summed E-state index contributed by atoms with van der Waals surface area (Å²) in [6.45, 7) is 4.06. The summed E-state index contributed by atoms with van der Waals surface area (Å²) < 4.78 is 12.3. The minimum atomic E-state index is -0.466. The Morgan fingerprint density at radius 3 is 2.55 bits per heavy atom. The molecule has 2 N–H and O–H groups in total. The molecule has 0 aliphatic carbocycles. The van der Waals surface area contributed by atoms with Crippen molar-refractivity contribution in [2.75, 3.05) is 14.2 Å². The summed E-state index contributed by atoms with van der Waals surface area (Å²) >= 11 is 0. The molecule has 0 aliphatic rings. The molecule has 0 spiro atoms. The zero-order chi connectivity index (χ0) is 14.7. The van der Waals surface area contributed by atoms with Crippen LogP contribution >= 0.6 is 0 Å². The number of methoxy groups -OCH3 is 2. The molecule has 0 bridgehead atoms. The number of nitrogens with zero attached hydrogens (tertiary/aromatic N) is 4. The molecular weight excluding hydrogens is 258 g/mol. The van der Waals surface area contributed by atoms with Crippen LogP contribution in [0.15, 0.2) is 18.6 Å². The van der Waals surface area contributed by atoms with Crippen LogP contribution in [0.3, 0.4) is 0 Å². The fourth-order valence-electron chi connectivity index (χ4n) is 2.00. The monoisotopic (exact) mass is 277 g/mol. The summed E-state index contributed by atoms with van der Waals surface area (Å²) in [6, 6.07) is 1.41. The van der Waals surface area contributed by atoms with E-state index in [-0.39, 0.29) is 6.04 Å². The second kappa shape index (κ2) is 5.87. The lowest BCUT2D eigenvalue weighted by molar-refractivity contribution is 0.392. The molecular formula is C13H19N5O2. The summed E-state index contributed by atoms with van der Waals surface area (Å²) in [6.07, 6.45) is 3.09. The second-order valence-electron chi connectivity index (χ2n) is 4.60. The van der Waals surface area contributed by atoms with Gasteiger partial charge in [0.15, 0.2) is 5.75 Å². The Hall–Kier alpha value is -2.15. The van der Waals surface area contributed by atoms with Crippen LogP contribution in [0, 0.1) is 0 Å². The summed E-state index contributed by atoms with van der Waals surface area (Å²) in [5.41, 5.74) is 7.74. The molecule has 2 aromatic heterocycles. The highest BCUT2D eigenvalue weighted by Gasteiger charge is 2.23. The predicted molar refractivity (Wildman–Crippen MR) is 73.8 cm³/mol. The molecule has 1 atom stereocenters. The molecule has 0 fully saturated rings. The molecule has 1 unspecified atom stereocenters. The maximum Gasteiger partial charge on any atom is 0.216 e. The third-order valence-corrected chi connectivity index (χ3v) is 2.99. The minimum absolute atomic E-state index is 0.170. The van der Waals surface area contributed by atoms with E-state index in [1.165, 1.54) is 6.33 Å². The van der Waals surface area contributed by atoms with E-state index in [0.29, 0.717) is 17.3 Å². The fraction of sp³-hybridized carbons (Fsp3) is 0.462. The lowest BCUT2D eigenvalue weighted by atomic mass is 10.1. The van der Waals surface area contributed by atoms with Crippen LogP contribution in [-0.2, 0) is 0 Å². The molecule has 0 saturated carbocycles. The Labute approximate surface area is 117 Å². The van der Waals surface area contributed by atoms with Crippen LogP contribution in [0.1, 0.15) is 37.3 Å². The number of hydrogen-bond donors (Lipinski definition) is 1. The predicted octanol–water partition coefficient (Wildman–Crippen LogP) is 1.32. The molecule has 0 saturated heterocycles. The number of rotatable bonds is 5. The first-order valence-corrected chi connectivity index (χ1v) is 6.31. The third-order valence-electron chi connectivity index (χ3n) is 2.99. The van der Waals surface area contributed by atoms with Gasteiger partial charge >= 0.3 is 0 Å². The molecule has 7 nitrogen and oxygen atoms in total. The van der Waals surface area contributed by atoms with E-state index < -0.39 is 6.04 Å². The van der Waals surface area contributed by atoms with E-state index in [2.05, 4.69) is 15.1 Å². The van der Waals surface area contributed by atoms with Crippen molar-refractivity contribution in [3.63, 3.8) is 0 Å². The van der Waals surface area contributed by atoms with E-state index in [0.717, 1.165) is 5.69 Å². The van der Waals surface area contributed by atoms with Crippen LogP contribution in [0.2, 0.25) is 0 Å². The van der Waals surface area contributed by atoms with Gasteiger partial charge in [0, 0.05) is 12.1 Å². The first-order valence-electron chi connectivity index (χ1n) is 6.31. The second-order valence-corrected chi connectivity index (χ2v) is 4.60. The molecule has 108 valence electrons. The first kappa shape index (κ1) is 14.3. The van der Waals surface area contributed by atoms with Crippen molar-refractivity contribution in [2.45, 2.75) is 25.9 Å². The van der Waals surface area contributed by atoms with Gasteiger partial charge in [0.05, 0.1) is 32.2 Å². The van der Waals surface area contributed by atoms with Gasteiger partial charge in [-0.05, 0) is 13.8 Å². The zero-order valence-corrected chi connectivity index (χ0v) is 12.1. The lowest BCUT2D eigenvalue weighted by Crippen LogP contribution is -2.20. The van der Waals surface area contributed by atoms with Gasteiger partial charge in [-0.15, -0.1) is 0 Å². The fourth-order valence-corrected chi connectivity index (χ4v) is 2.00. The van der Waals surface area contributed by atoms with E-state index in [1.54, 1.807) is 26.5 Å². The Morgan fingerprint density at radius 1 is 1.20 bits per heavy atom. The number of nitrogens with two attached hydrogens (primary N) is 1. The Bertz CT molecular complexity index is 582. The Morgan fingerprint density at radius 2 is 1.95 bits per heavy atom. The van der Waals surface area contributed by atoms with Crippen LogP contribution < -0.4 is 15.2 Å². The topological polar surface area (TPSA) is 88.1 Å². The van der Waals surface area contributed by atoms with E-state index in [9.17, 15) is 0 Å². The summed E-state index contributed by atoms with van der Waals surface area (Å²) in [7, 11) is 3.15. The van der Waals surface area contributed by atoms with Gasteiger partial charge in [0.2, 0.25) is 5.88 Å². The van der Waals surface area contributed by atoms with Crippen molar-refractivity contribution in [1.29, 1.82) is 0 Å². The van der Waals surface area contributed by atoms with Gasteiger partial charge in [-0.3, -0.25) is 4.68 Å². The molecule has 20 heavy (non-hydrogen) atoms. The molecule has 2 heterocycles. The molecule has 2 aromatic rings. The number of hydrogen-bond acceptors (Lipinski definition) is 6. The molecule has 2 rings (SSSR count). The normalized spacial score (nSPS) is 12.5. The molecule has 0 amide bonds. The van der Waals surface area contributed by atoms with Crippen molar-refractivity contribution in [3.05, 3.63) is 30.0 Å². The highest BCUT2D eigenvalue weighted by atomic mass is 16.5. The Balaban J connectivity index is 2.46. The van der Waals surface area contributed by atoms with Crippen LogP contribution in [0.5, 0.6) is 11.6 Å². The van der Waals surface area contributed by atoms with E-state index in [4.69, 9.17) is 15.2 Å². The van der Waals surface area contributed by atoms with Gasteiger partial charge in [0.25, 0.3) is 0 Å². The van der Waals surface area contributed by atoms with Gasteiger partial charge in [0.1, 0.15) is 12.0 Å². The van der Waals surface area contributed by atoms with Crippen molar-refractivity contribution in [3.8, 4) is 11.6 Å². The SMILES string of the molecule is COc1cc(C(N)c2c(OC)cnn2C(C)C)ncn1. The molecule has 0 radical (unpaired) electrons. The van der Waals surface area contributed by atoms with Crippen LogP contribution in [-0.4, -0.2) is 34.0 Å². The van der Waals surface area contributed by atoms with Crippen molar-refractivity contribution >= 4 is 0 Å². The molecule has 0 aliphatic heterocycles. The average molecular weight is 277 g/mol. The van der Waals surface area contributed by atoms with Gasteiger partial charge in [-0.2, -0.15) is 5.10 Å². The standard InChI is InChI=1S/C13H19N5O2/c1-8(2)18-13(10(19-3)6-17-18)12(14)9-5-11(20-4)16-7-15-9/h5-8,12H,14H2,1-4H3. The third kappa shape index (κ3) is 2.57. The number of aromatic nitrogens is 4. The van der Waals surface area contributed by atoms with Crippen molar-refractivity contribution in [2.24, 2.45) is 5.73 Å². The van der Waals surface area contributed by atoms with Crippen LogP contribution in [0.4, 0.5) is 0 Å². The minimum Gasteiger partial charge on any atom is -0.493 e. The van der Waals surface area contributed by atoms with E-state index >= 15 is 0 Å². The lowest BCUT2D eigenvalue weighted by Gasteiger charge is -2.17. The summed E-state index contributed by atoms with van der Waals surface area (Å²) in [4.78, 5) is 8.19. The smallest absolute Gasteiger partial charge is 0.216 e. The number of ether oxygens (including phenoxy) is 2. The zero-order valence-electron chi connectivity index (χ0n) is 12.1. The highest BCUT2D eigenvalue weighted by molar-refractivity contribution is 5.34. The Kier molecular flexibility index (Phi) is 4.19. The molecule has 7 heteroatoms. The van der Waals surface area contributed by atoms with Crippen molar-refractivity contribution in [1.82, 2.24) is 19.7 Å². The quantitative estimate of drug-likeness (QED) is 0.886. The van der Waals surface area contributed by atoms with E-state index in [1.807, 2.05) is 18.5 Å². The summed E-state index contributed by atoms with van der Waals surface area (Å²) in [5.74, 6) is 1.11.